The maximum Gasteiger partial charge on any atom is 0.343 e. The molecule has 0 N–H and O–H groups in total. The van der Waals surface area contributed by atoms with Crippen molar-refractivity contribution in [1.82, 2.24) is 9.29 Å². The van der Waals surface area contributed by atoms with Crippen molar-refractivity contribution in [3.8, 4) is 5.75 Å². The first-order valence-corrected chi connectivity index (χ1v) is 10.5. The summed E-state index contributed by atoms with van der Waals surface area (Å²) in [7, 11) is -3.53. The van der Waals surface area contributed by atoms with E-state index in [-0.39, 0.29) is 10.5 Å². The van der Waals surface area contributed by atoms with Gasteiger partial charge in [-0.05, 0) is 71.1 Å². The normalized spacial score (nSPS) is 16.4. The van der Waals surface area contributed by atoms with Gasteiger partial charge in [-0.2, -0.15) is 4.31 Å². The average Bonchev–Trinajstić information content (AvgIpc) is 2.64. The molecule has 0 saturated carbocycles. The lowest BCUT2D eigenvalue weighted by Gasteiger charge is -2.29. The average molecular weight is 439 g/mol. The summed E-state index contributed by atoms with van der Waals surface area (Å²) in [6.07, 6.45) is 3.30. The molecule has 1 saturated heterocycles. The lowest BCUT2D eigenvalue weighted by atomic mass is 10.0. The third kappa shape index (κ3) is 4.13. The van der Waals surface area contributed by atoms with Crippen LogP contribution in [0.15, 0.2) is 52.1 Å². The Morgan fingerprint density at radius 1 is 1.19 bits per heavy atom. The summed E-state index contributed by atoms with van der Waals surface area (Å²) in [6, 6.07) is 9.09. The summed E-state index contributed by atoms with van der Waals surface area (Å²) in [6.45, 7) is 3.19. The van der Waals surface area contributed by atoms with Gasteiger partial charge in [-0.3, -0.25) is 0 Å². The molecule has 8 heteroatoms. The second-order valence-corrected chi connectivity index (χ2v) is 8.98. The van der Waals surface area contributed by atoms with E-state index in [9.17, 15) is 13.2 Å². The van der Waals surface area contributed by atoms with Crippen molar-refractivity contribution >= 4 is 31.9 Å². The smallest absolute Gasteiger partial charge is 0.343 e. The molecule has 0 aliphatic carbocycles. The SMILES string of the molecule is CC1CCN(S(=O)(=O)c2ccc(C(=O)Oc3cccnc3Br)cc2)CC1. The Morgan fingerprint density at radius 2 is 1.85 bits per heavy atom. The number of piperidine rings is 1. The van der Waals surface area contributed by atoms with E-state index < -0.39 is 16.0 Å². The number of pyridine rings is 1. The Hall–Kier alpha value is -1.77. The van der Waals surface area contributed by atoms with Crippen molar-refractivity contribution in [2.24, 2.45) is 5.92 Å². The van der Waals surface area contributed by atoms with Gasteiger partial charge in [0.25, 0.3) is 0 Å². The van der Waals surface area contributed by atoms with Crippen LogP contribution in [0, 0.1) is 5.92 Å². The van der Waals surface area contributed by atoms with E-state index in [1.807, 2.05) is 0 Å². The molecule has 6 nitrogen and oxygen atoms in total. The molecule has 1 aliphatic rings. The van der Waals surface area contributed by atoms with Gasteiger partial charge in [0.1, 0.15) is 4.60 Å². The second-order valence-electron chi connectivity index (χ2n) is 6.29. The number of benzene rings is 1. The van der Waals surface area contributed by atoms with Crippen molar-refractivity contribution in [1.29, 1.82) is 0 Å². The summed E-state index contributed by atoms with van der Waals surface area (Å²) < 4.78 is 32.6. The third-order valence-electron chi connectivity index (χ3n) is 4.40. The summed E-state index contributed by atoms with van der Waals surface area (Å²) in [5.41, 5.74) is 0.270. The van der Waals surface area contributed by atoms with Crippen LogP contribution >= 0.6 is 15.9 Å². The number of carbonyl (C=O) groups excluding carboxylic acids is 1. The molecule has 1 aromatic carbocycles. The van der Waals surface area contributed by atoms with Crippen LogP contribution in [0.5, 0.6) is 5.75 Å². The maximum absolute atomic E-state index is 12.7. The number of hydrogen-bond donors (Lipinski definition) is 0. The first kappa shape index (κ1) is 19.0. The minimum atomic E-state index is -3.53. The molecule has 0 radical (unpaired) electrons. The van der Waals surface area contributed by atoms with Crippen molar-refractivity contribution < 1.29 is 17.9 Å². The summed E-state index contributed by atoms with van der Waals surface area (Å²) in [4.78, 5) is 16.4. The summed E-state index contributed by atoms with van der Waals surface area (Å²) >= 11 is 3.21. The highest BCUT2D eigenvalue weighted by atomic mass is 79.9. The van der Waals surface area contributed by atoms with Gasteiger partial charge in [0, 0.05) is 19.3 Å². The van der Waals surface area contributed by atoms with Crippen LogP contribution in [0.2, 0.25) is 0 Å². The fourth-order valence-corrected chi connectivity index (χ4v) is 4.54. The standard InChI is InChI=1S/C18H19BrN2O4S/c1-13-8-11-21(12-9-13)26(23,24)15-6-4-14(5-7-15)18(22)25-16-3-2-10-20-17(16)19/h2-7,10,13H,8-9,11-12H2,1H3. The number of rotatable bonds is 4. The van der Waals surface area contributed by atoms with Gasteiger partial charge in [0.05, 0.1) is 10.5 Å². The minimum absolute atomic E-state index is 0.186. The molecule has 0 bridgehead atoms. The zero-order valence-electron chi connectivity index (χ0n) is 14.3. The molecule has 0 spiro atoms. The molecular formula is C18H19BrN2O4S. The molecule has 0 atom stereocenters. The van der Waals surface area contributed by atoms with Crippen LogP contribution in [-0.2, 0) is 10.0 Å². The van der Waals surface area contributed by atoms with E-state index in [2.05, 4.69) is 27.8 Å². The number of carbonyl (C=O) groups is 1. The Balaban J connectivity index is 1.74. The number of nitrogens with zero attached hydrogens (tertiary/aromatic N) is 2. The number of sulfonamides is 1. The first-order chi connectivity index (χ1) is 12.4. The molecule has 26 heavy (non-hydrogen) atoms. The zero-order chi connectivity index (χ0) is 18.7. The van der Waals surface area contributed by atoms with E-state index in [0.29, 0.717) is 29.4 Å². The van der Waals surface area contributed by atoms with Crippen LogP contribution in [0.4, 0.5) is 0 Å². The molecule has 0 unspecified atom stereocenters. The van der Waals surface area contributed by atoms with Crippen molar-refractivity contribution in [2.45, 2.75) is 24.7 Å². The topological polar surface area (TPSA) is 76.6 Å². The number of hydrogen-bond acceptors (Lipinski definition) is 5. The third-order valence-corrected chi connectivity index (χ3v) is 6.91. The Kier molecular flexibility index (Phi) is 5.74. The number of aromatic nitrogens is 1. The molecule has 1 aromatic heterocycles. The highest BCUT2D eigenvalue weighted by molar-refractivity contribution is 9.10. The van der Waals surface area contributed by atoms with Crippen LogP contribution in [0.1, 0.15) is 30.1 Å². The number of esters is 1. The zero-order valence-corrected chi connectivity index (χ0v) is 16.7. The molecule has 3 rings (SSSR count). The fourth-order valence-electron chi connectivity index (χ4n) is 2.74. The van der Waals surface area contributed by atoms with Gasteiger partial charge >= 0.3 is 5.97 Å². The van der Waals surface area contributed by atoms with Crippen molar-refractivity contribution in [3.63, 3.8) is 0 Å². The van der Waals surface area contributed by atoms with Crippen molar-refractivity contribution in [2.75, 3.05) is 13.1 Å². The molecular weight excluding hydrogens is 420 g/mol. The van der Waals surface area contributed by atoms with Crippen LogP contribution in [-0.4, -0.2) is 36.8 Å². The van der Waals surface area contributed by atoms with E-state index in [4.69, 9.17) is 4.74 Å². The lowest BCUT2D eigenvalue weighted by molar-refractivity contribution is 0.0732. The van der Waals surface area contributed by atoms with Crippen LogP contribution < -0.4 is 4.74 Å². The summed E-state index contributed by atoms with van der Waals surface area (Å²) in [5, 5.41) is 0. The van der Waals surface area contributed by atoms with Crippen LogP contribution in [0.25, 0.3) is 0 Å². The lowest BCUT2D eigenvalue weighted by Crippen LogP contribution is -2.37. The van der Waals surface area contributed by atoms with Gasteiger partial charge < -0.3 is 4.74 Å². The predicted molar refractivity (Wildman–Crippen MR) is 100 cm³/mol. The van der Waals surface area contributed by atoms with E-state index in [0.717, 1.165) is 12.8 Å². The van der Waals surface area contributed by atoms with Gasteiger partial charge in [0.2, 0.25) is 10.0 Å². The molecule has 2 aromatic rings. The van der Waals surface area contributed by atoms with Gasteiger partial charge in [0.15, 0.2) is 5.75 Å². The maximum atomic E-state index is 12.7. The Morgan fingerprint density at radius 3 is 2.46 bits per heavy atom. The quantitative estimate of drug-likeness (QED) is 0.539. The van der Waals surface area contributed by atoms with Gasteiger partial charge in [-0.1, -0.05) is 6.92 Å². The van der Waals surface area contributed by atoms with Crippen molar-refractivity contribution in [3.05, 3.63) is 52.8 Å². The monoisotopic (exact) mass is 438 g/mol. The minimum Gasteiger partial charge on any atom is -0.420 e. The van der Waals surface area contributed by atoms with Gasteiger partial charge in [-0.15, -0.1) is 0 Å². The Bertz CT molecular complexity index is 892. The fraction of sp³-hybridized carbons (Fsp3) is 0.333. The molecule has 0 amide bonds. The first-order valence-electron chi connectivity index (χ1n) is 8.31. The summed E-state index contributed by atoms with van der Waals surface area (Å²) in [5.74, 6) is 0.275. The second kappa shape index (κ2) is 7.85. The number of halogens is 1. The highest BCUT2D eigenvalue weighted by Gasteiger charge is 2.28. The highest BCUT2D eigenvalue weighted by Crippen LogP contribution is 2.25. The van der Waals surface area contributed by atoms with Gasteiger partial charge in [-0.25, -0.2) is 18.2 Å². The molecule has 2 heterocycles. The van der Waals surface area contributed by atoms with E-state index in [1.54, 1.807) is 18.3 Å². The number of ether oxygens (including phenoxy) is 1. The van der Waals surface area contributed by atoms with Crippen LogP contribution in [0.3, 0.4) is 0 Å². The van der Waals surface area contributed by atoms with E-state index >= 15 is 0 Å². The van der Waals surface area contributed by atoms with E-state index in [1.165, 1.54) is 28.6 Å². The Labute approximate surface area is 161 Å². The molecule has 1 aliphatic heterocycles. The largest absolute Gasteiger partial charge is 0.420 e. The predicted octanol–water partition coefficient (Wildman–Crippen LogP) is 3.48. The molecule has 138 valence electrons. The molecule has 1 fully saturated rings.